The molecule has 1 N–H and O–H groups in total. The van der Waals surface area contributed by atoms with Crippen LogP contribution >= 0.6 is 0 Å². The van der Waals surface area contributed by atoms with E-state index in [1.165, 1.54) is 7.11 Å². The van der Waals surface area contributed by atoms with Gasteiger partial charge in [0.25, 0.3) is 0 Å². The minimum atomic E-state index is -0.247. The highest BCUT2D eigenvalue weighted by molar-refractivity contribution is 5.67. The molecular weight excluding hydrogens is 156 g/mol. The van der Waals surface area contributed by atoms with Crippen molar-refractivity contribution >= 4 is 6.09 Å². The number of amides is 1. The lowest BCUT2D eigenvalue weighted by Crippen LogP contribution is -2.46. The largest absolute Gasteiger partial charge is 0.453 e. The van der Waals surface area contributed by atoms with Crippen LogP contribution in [0.3, 0.4) is 0 Å². The number of carbonyl (C=O) groups is 1. The van der Waals surface area contributed by atoms with Gasteiger partial charge in [-0.15, -0.1) is 0 Å². The van der Waals surface area contributed by atoms with E-state index in [0.717, 1.165) is 25.9 Å². The van der Waals surface area contributed by atoms with Crippen LogP contribution in [0.2, 0.25) is 0 Å². The predicted octanol–water partition coefficient (Wildman–Crippen LogP) is 0.437. The summed E-state index contributed by atoms with van der Waals surface area (Å²) in [6.45, 7) is 1.94. The Balaban J connectivity index is 2.39. The number of carbonyl (C=O) groups excluding carboxylic acids is 1. The third-order valence-corrected chi connectivity index (χ3v) is 2.28. The average molecular weight is 172 g/mol. The van der Waals surface area contributed by atoms with Gasteiger partial charge in [-0.25, -0.2) is 4.79 Å². The second-order valence-corrected chi connectivity index (χ2v) is 3.08. The minimum Gasteiger partial charge on any atom is -0.453 e. The number of hydrogen-bond acceptors (Lipinski definition) is 3. The summed E-state index contributed by atoms with van der Waals surface area (Å²) < 4.78 is 4.62. The molecule has 70 valence electrons. The quantitative estimate of drug-likeness (QED) is 0.624. The van der Waals surface area contributed by atoms with Crippen molar-refractivity contribution in [3.05, 3.63) is 0 Å². The van der Waals surface area contributed by atoms with E-state index in [2.05, 4.69) is 10.1 Å². The number of nitrogens with one attached hydrogen (secondary N) is 1. The number of piperidine rings is 1. The van der Waals surface area contributed by atoms with E-state index in [1.807, 2.05) is 0 Å². The summed E-state index contributed by atoms with van der Waals surface area (Å²) in [5.41, 5.74) is 0. The number of likely N-dealkylation sites (N-methyl/N-ethyl adjacent to an activating group) is 1. The molecule has 1 amide bonds. The van der Waals surface area contributed by atoms with Crippen LogP contribution < -0.4 is 5.32 Å². The summed E-state index contributed by atoms with van der Waals surface area (Å²) in [6.07, 6.45) is 1.95. The van der Waals surface area contributed by atoms with Crippen molar-refractivity contribution in [2.75, 3.05) is 27.2 Å². The molecule has 0 aromatic carbocycles. The molecule has 1 heterocycles. The molecule has 1 aliphatic rings. The molecule has 0 spiro atoms. The van der Waals surface area contributed by atoms with E-state index in [0.29, 0.717) is 6.04 Å². The van der Waals surface area contributed by atoms with Crippen LogP contribution in [0.1, 0.15) is 12.8 Å². The van der Waals surface area contributed by atoms with Gasteiger partial charge in [0.05, 0.1) is 7.11 Å². The maximum absolute atomic E-state index is 11.1. The van der Waals surface area contributed by atoms with Crippen molar-refractivity contribution in [1.82, 2.24) is 10.2 Å². The number of methoxy groups -OCH3 is 1. The van der Waals surface area contributed by atoms with Crippen LogP contribution in [0.15, 0.2) is 0 Å². The van der Waals surface area contributed by atoms with Gasteiger partial charge < -0.3 is 15.0 Å². The van der Waals surface area contributed by atoms with Crippen molar-refractivity contribution in [2.24, 2.45) is 0 Å². The van der Waals surface area contributed by atoms with Crippen LogP contribution in [-0.2, 0) is 4.74 Å². The highest BCUT2D eigenvalue weighted by atomic mass is 16.5. The first-order valence-corrected chi connectivity index (χ1v) is 4.27. The monoisotopic (exact) mass is 172 g/mol. The maximum atomic E-state index is 11.1. The second-order valence-electron chi connectivity index (χ2n) is 3.08. The van der Waals surface area contributed by atoms with Crippen LogP contribution in [0.5, 0.6) is 0 Å². The van der Waals surface area contributed by atoms with Crippen molar-refractivity contribution in [2.45, 2.75) is 18.9 Å². The van der Waals surface area contributed by atoms with E-state index in [4.69, 9.17) is 0 Å². The molecule has 0 unspecified atom stereocenters. The fourth-order valence-electron chi connectivity index (χ4n) is 1.46. The van der Waals surface area contributed by atoms with Gasteiger partial charge in [0.2, 0.25) is 0 Å². The topological polar surface area (TPSA) is 41.6 Å². The molecule has 0 aliphatic carbocycles. The van der Waals surface area contributed by atoms with Crippen LogP contribution in [-0.4, -0.2) is 44.3 Å². The molecule has 0 radical (unpaired) electrons. The van der Waals surface area contributed by atoms with Gasteiger partial charge in [-0.2, -0.15) is 0 Å². The van der Waals surface area contributed by atoms with Crippen LogP contribution in [0.25, 0.3) is 0 Å². The fourth-order valence-corrected chi connectivity index (χ4v) is 1.46. The Kier molecular flexibility index (Phi) is 3.34. The van der Waals surface area contributed by atoms with Crippen molar-refractivity contribution < 1.29 is 9.53 Å². The summed E-state index contributed by atoms with van der Waals surface area (Å²) >= 11 is 0. The summed E-state index contributed by atoms with van der Waals surface area (Å²) in [5, 5.41) is 3.25. The van der Waals surface area contributed by atoms with E-state index in [-0.39, 0.29) is 6.09 Å². The van der Waals surface area contributed by atoms with Gasteiger partial charge in [-0.1, -0.05) is 0 Å². The molecule has 12 heavy (non-hydrogen) atoms. The van der Waals surface area contributed by atoms with Gasteiger partial charge in [-0.05, 0) is 19.4 Å². The Bertz CT molecular complexity index is 155. The first-order valence-electron chi connectivity index (χ1n) is 4.27. The molecule has 0 aromatic rings. The lowest BCUT2D eigenvalue weighted by atomic mass is 10.1. The zero-order chi connectivity index (χ0) is 8.97. The van der Waals surface area contributed by atoms with Crippen molar-refractivity contribution in [1.29, 1.82) is 0 Å². The predicted molar refractivity (Wildman–Crippen MR) is 46.1 cm³/mol. The summed E-state index contributed by atoms with van der Waals surface area (Å²) in [4.78, 5) is 12.7. The first kappa shape index (κ1) is 9.32. The Labute approximate surface area is 72.9 Å². The third-order valence-electron chi connectivity index (χ3n) is 2.28. The van der Waals surface area contributed by atoms with Crippen LogP contribution in [0, 0.1) is 0 Å². The first-order chi connectivity index (χ1) is 5.75. The molecule has 1 atom stereocenters. The molecule has 1 saturated heterocycles. The van der Waals surface area contributed by atoms with E-state index < -0.39 is 0 Å². The van der Waals surface area contributed by atoms with Gasteiger partial charge in [0.15, 0.2) is 0 Å². The van der Waals surface area contributed by atoms with Gasteiger partial charge >= 0.3 is 6.09 Å². The maximum Gasteiger partial charge on any atom is 0.409 e. The molecular formula is C8H16N2O2. The second kappa shape index (κ2) is 4.30. The Hall–Kier alpha value is -0.770. The normalized spacial score (nSPS) is 23.3. The standard InChI is InChI=1S/C8H16N2O2/c1-10(8(11)12-2)7-4-3-5-9-6-7/h7,9H,3-6H2,1-2H3/t7-/m1/s1. The lowest BCUT2D eigenvalue weighted by molar-refractivity contribution is 0.111. The Morgan fingerprint density at radius 2 is 2.42 bits per heavy atom. The number of ether oxygens (including phenoxy) is 1. The molecule has 0 saturated carbocycles. The zero-order valence-corrected chi connectivity index (χ0v) is 7.67. The third kappa shape index (κ3) is 2.11. The number of nitrogens with zero attached hydrogens (tertiary/aromatic N) is 1. The summed E-state index contributed by atoms with van der Waals surface area (Å²) in [6, 6.07) is 0.297. The number of hydrogen-bond donors (Lipinski definition) is 1. The van der Waals surface area contributed by atoms with E-state index in [9.17, 15) is 4.79 Å². The van der Waals surface area contributed by atoms with Crippen molar-refractivity contribution in [3.8, 4) is 0 Å². The van der Waals surface area contributed by atoms with Gasteiger partial charge in [0, 0.05) is 19.6 Å². The van der Waals surface area contributed by atoms with Gasteiger partial charge in [0.1, 0.15) is 0 Å². The Morgan fingerprint density at radius 3 is 2.92 bits per heavy atom. The average Bonchev–Trinajstić information content (AvgIpc) is 2.17. The number of rotatable bonds is 1. The van der Waals surface area contributed by atoms with Crippen LogP contribution in [0.4, 0.5) is 4.79 Å². The summed E-state index contributed by atoms with van der Waals surface area (Å²) in [7, 11) is 3.19. The molecule has 4 nitrogen and oxygen atoms in total. The summed E-state index contributed by atoms with van der Waals surface area (Å²) in [5.74, 6) is 0. The molecule has 4 heteroatoms. The molecule has 1 fully saturated rings. The van der Waals surface area contributed by atoms with Crippen molar-refractivity contribution in [3.63, 3.8) is 0 Å². The van der Waals surface area contributed by atoms with E-state index in [1.54, 1.807) is 11.9 Å². The molecule has 0 bridgehead atoms. The SMILES string of the molecule is COC(=O)N(C)[C@@H]1CCCNC1. The zero-order valence-electron chi connectivity index (χ0n) is 7.67. The van der Waals surface area contributed by atoms with E-state index >= 15 is 0 Å². The molecule has 1 aliphatic heterocycles. The minimum absolute atomic E-state index is 0.247. The highest BCUT2D eigenvalue weighted by Gasteiger charge is 2.21. The highest BCUT2D eigenvalue weighted by Crippen LogP contribution is 2.08. The molecule has 1 rings (SSSR count). The molecule has 0 aromatic heterocycles. The lowest BCUT2D eigenvalue weighted by Gasteiger charge is -2.30. The van der Waals surface area contributed by atoms with Gasteiger partial charge in [-0.3, -0.25) is 0 Å². The fraction of sp³-hybridized carbons (Fsp3) is 0.875. The smallest absolute Gasteiger partial charge is 0.409 e. The Morgan fingerprint density at radius 1 is 1.67 bits per heavy atom.